The van der Waals surface area contributed by atoms with Gasteiger partial charge >= 0.3 is 0 Å². The number of methoxy groups -OCH3 is 2. The van der Waals surface area contributed by atoms with E-state index in [0.717, 1.165) is 24.2 Å². The molecule has 0 saturated carbocycles. The molecule has 2 aromatic carbocycles. The number of carbonyl (C=O) groups excluding carboxylic acids is 2. The van der Waals surface area contributed by atoms with E-state index in [9.17, 15) is 14.7 Å². The predicted molar refractivity (Wildman–Crippen MR) is 128 cm³/mol. The highest BCUT2D eigenvalue weighted by atomic mass is 16.5. The molecule has 0 aliphatic carbocycles. The lowest BCUT2D eigenvalue weighted by Gasteiger charge is -2.28. The van der Waals surface area contributed by atoms with Crippen LogP contribution >= 0.6 is 0 Å². The molecule has 0 aromatic heterocycles. The minimum atomic E-state index is -0.686. The minimum absolute atomic E-state index is 0.0919. The first kappa shape index (κ1) is 24.3. The number of hydrogen-bond donors (Lipinski definition) is 1. The summed E-state index contributed by atoms with van der Waals surface area (Å²) in [6.45, 7) is 8.68. The van der Waals surface area contributed by atoms with E-state index in [1.165, 1.54) is 0 Å². The lowest BCUT2D eigenvalue weighted by molar-refractivity contribution is -0.140. The van der Waals surface area contributed by atoms with E-state index in [-0.39, 0.29) is 11.3 Å². The number of ether oxygens (including phenoxy) is 2. The van der Waals surface area contributed by atoms with Crippen molar-refractivity contribution in [3.63, 3.8) is 0 Å². The summed E-state index contributed by atoms with van der Waals surface area (Å²) in [6, 6.07) is 11.7. The smallest absolute Gasteiger partial charge is 0.295 e. The summed E-state index contributed by atoms with van der Waals surface area (Å²) in [5, 5.41) is 11.2. The van der Waals surface area contributed by atoms with Crippen molar-refractivity contribution in [2.75, 3.05) is 40.4 Å². The number of amides is 1. The summed E-state index contributed by atoms with van der Waals surface area (Å²) in [4.78, 5) is 30.0. The third kappa shape index (κ3) is 4.88. The first-order valence-electron chi connectivity index (χ1n) is 11.2. The molecule has 0 bridgehead atoms. The second kappa shape index (κ2) is 10.5. The molecule has 1 amide bonds. The summed E-state index contributed by atoms with van der Waals surface area (Å²) >= 11 is 0. The second-order valence-corrected chi connectivity index (χ2v) is 7.98. The van der Waals surface area contributed by atoms with Gasteiger partial charge in [0.2, 0.25) is 0 Å². The van der Waals surface area contributed by atoms with E-state index in [2.05, 4.69) is 18.7 Å². The summed E-state index contributed by atoms with van der Waals surface area (Å²) in [7, 11) is 3.16. The van der Waals surface area contributed by atoms with Crippen molar-refractivity contribution in [1.29, 1.82) is 0 Å². The van der Waals surface area contributed by atoms with Gasteiger partial charge in [-0.2, -0.15) is 0 Å². The molecule has 33 heavy (non-hydrogen) atoms. The van der Waals surface area contributed by atoms with Crippen molar-refractivity contribution in [2.24, 2.45) is 0 Å². The Balaban J connectivity index is 2.10. The fraction of sp³-hybridized carbons (Fsp3) is 0.385. The summed E-state index contributed by atoms with van der Waals surface area (Å²) < 4.78 is 10.6. The minimum Gasteiger partial charge on any atom is -0.507 e. The van der Waals surface area contributed by atoms with Gasteiger partial charge in [0.1, 0.15) is 17.3 Å². The van der Waals surface area contributed by atoms with Gasteiger partial charge in [-0.1, -0.05) is 26.0 Å². The van der Waals surface area contributed by atoms with Gasteiger partial charge in [0.05, 0.1) is 25.8 Å². The maximum atomic E-state index is 13.2. The maximum absolute atomic E-state index is 13.2. The Morgan fingerprint density at radius 3 is 2.24 bits per heavy atom. The van der Waals surface area contributed by atoms with Crippen molar-refractivity contribution >= 4 is 17.4 Å². The molecule has 0 radical (unpaired) electrons. The number of rotatable bonds is 9. The van der Waals surface area contributed by atoms with Crippen LogP contribution in [0.5, 0.6) is 11.5 Å². The van der Waals surface area contributed by atoms with Gasteiger partial charge in [-0.05, 0) is 61.5 Å². The molecule has 7 heteroatoms. The predicted octanol–water partition coefficient (Wildman–Crippen LogP) is 3.78. The molecule has 1 aliphatic heterocycles. The van der Waals surface area contributed by atoms with Crippen LogP contribution in [0.4, 0.5) is 0 Å². The van der Waals surface area contributed by atoms with Crippen LogP contribution in [0.1, 0.15) is 36.6 Å². The number of likely N-dealkylation sites (tertiary alicyclic amines) is 1. The van der Waals surface area contributed by atoms with Crippen molar-refractivity contribution in [3.05, 3.63) is 64.7 Å². The Labute approximate surface area is 195 Å². The fourth-order valence-electron chi connectivity index (χ4n) is 4.21. The van der Waals surface area contributed by atoms with Crippen LogP contribution in [0.3, 0.4) is 0 Å². The Kier molecular flexibility index (Phi) is 7.76. The van der Waals surface area contributed by atoms with Crippen LogP contribution in [0, 0.1) is 6.92 Å². The molecule has 1 fully saturated rings. The number of Topliss-reactive ketones (excluding diaryl/α,β-unsaturated/α-hetero) is 1. The van der Waals surface area contributed by atoms with Crippen molar-refractivity contribution < 1.29 is 24.2 Å². The average molecular weight is 453 g/mol. The molecule has 1 unspecified atom stereocenters. The Morgan fingerprint density at radius 2 is 1.70 bits per heavy atom. The van der Waals surface area contributed by atoms with Gasteiger partial charge in [0.15, 0.2) is 0 Å². The van der Waals surface area contributed by atoms with E-state index >= 15 is 0 Å². The number of carbonyl (C=O) groups is 2. The van der Waals surface area contributed by atoms with Gasteiger partial charge in [-0.25, -0.2) is 0 Å². The molecule has 2 aromatic rings. The van der Waals surface area contributed by atoms with Gasteiger partial charge in [0, 0.05) is 18.7 Å². The number of aliphatic hydroxyl groups is 1. The number of aliphatic hydroxyl groups excluding tert-OH is 1. The highest BCUT2D eigenvalue weighted by Crippen LogP contribution is 2.40. The monoisotopic (exact) mass is 452 g/mol. The van der Waals surface area contributed by atoms with Crippen LogP contribution in [-0.4, -0.2) is 67.0 Å². The fourth-order valence-corrected chi connectivity index (χ4v) is 4.21. The number of nitrogens with zero attached hydrogens (tertiary/aromatic N) is 2. The van der Waals surface area contributed by atoms with Crippen molar-refractivity contribution in [2.45, 2.75) is 26.8 Å². The standard InChI is InChI=1S/C26H32N2O5/c1-6-27(7-2)14-15-28-23(18-8-11-20(32-4)12-9-18)22(25(30)26(28)31)24(29)19-10-13-21(33-5)17(3)16-19/h8-13,16,23,29H,6-7,14-15H2,1-5H3/b24-22+. The lowest BCUT2D eigenvalue weighted by atomic mass is 9.94. The third-order valence-electron chi connectivity index (χ3n) is 6.19. The molecule has 1 N–H and O–H groups in total. The zero-order chi connectivity index (χ0) is 24.1. The summed E-state index contributed by atoms with van der Waals surface area (Å²) in [6.07, 6.45) is 0. The lowest BCUT2D eigenvalue weighted by Crippen LogP contribution is -2.38. The van der Waals surface area contributed by atoms with E-state index < -0.39 is 17.7 Å². The second-order valence-electron chi connectivity index (χ2n) is 7.98. The van der Waals surface area contributed by atoms with Crippen LogP contribution < -0.4 is 9.47 Å². The number of benzene rings is 2. The molecule has 1 atom stereocenters. The van der Waals surface area contributed by atoms with Crippen molar-refractivity contribution in [1.82, 2.24) is 9.80 Å². The van der Waals surface area contributed by atoms with E-state index in [4.69, 9.17) is 9.47 Å². The molecule has 1 saturated heterocycles. The normalized spacial score (nSPS) is 17.6. The van der Waals surface area contributed by atoms with Crippen LogP contribution in [-0.2, 0) is 9.59 Å². The molecular formula is C26H32N2O5. The van der Waals surface area contributed by atoms with Gasteiger partial charge in [-0.15, -0.1) is 0 Å². The topological polar surface area (TPSA) is 79.3 Å². The maximum Gasteiger partial charge on any atom is 0.295 e. The zero-order valence-electron chi connectivity index (χ0n) is 19.9. The SMILES string of the molecule is CCN(CC)CCN1C(=O)C(=O)/C(=C(/O)c2ccc(OC)c(C)c2)C1c1ccc(OC)cc1. The van der Waals surface area contributed by atoms with Crippen LogP contribution in [0.15, 0.2) is 48.0 Å². The first-order valence-corrected chi connectivity index (χ1v) is 11.2. The molecule has 1 heterocycles. The van der Waals surface area contributed by atoms with E-state index in [1.807, 2.05) is 19.1 Å². The number of likely N-dealkylation sites (N-methyl/N-ethyl adjacent to an activating group) is 1. The quantitative estimate of drug-likeness (QED) is 0.354. The van der Waals surface area contributed by atoms with Gasteiger partial charge in [-0.3, -0.25) is 9.59 Å². The molecule has 0 spiro atoms. The molecule has 7 nitrogen and oxygen atoms in total. The number of ketones is 1. The first-order chi connectivity index (χ1) is 15.9. The Hall–Kier alpha value is -3.32. The number of hydrogen-bond acceptors (Lipinski definition) is 6. The van der Waals surface area contributed by atoms with E-state index in [0.29, 0.717) is 30.2 Å². The zero-order valence-corrected chi connectivity index (χ0v) is 19.9. The van der Waals surface area contributed by atoms with Gasteiger partial charge < -0.3 is 24.4 Å². The summed E-state index contributed by atoms with van der Waals surface area (Å²) in [5.41, 5.74) is 2.11. The molecule has 1 aliphatic rings. The summed E-state index contributed by atoms with van der Waals surface area (Å²) in [5.74, 6) is -0.121. The van der Waals surface area contributed by atoms with Crippen LogP contribution in [0.2, 0.25) is 0 Å². The highest BCUT2D eigenvalue weighted by molar-refractivity contribution is 6.46. The average Bonchev–Trinajstić information content (AvgIpc) is 3.09. The Morgan fingerprint density at radius 1 is 1.03 bits per heavy atom. The van der Waals surface area contributed by atoms with Crippen molar-refractivity contribution in [3.8, 4) is 11.5 Å². The highest BCUT2D eigenvalue weighted by Gasteiger charge is 2.46. The molecular weight excluding hydrogens is 420 g/mol. The third-order valence-corrected chi connectivity index (χ3v) is 6.19. The number of aryl methyl sites for hydroxylation is 1. The molecule has 3 rings (SSSR count). The van der Waals surface area contributed by atoms with Crippen LogP contribution in [0.25, 0.3) is 5.76 Å². The Bertz CT molecular complexity index is 1040. The van der Waals surface area contributed by atoms with Gasteiger partial charge in [0.25, 0.3) is 11.7 Å². The molecule has 176 valence electrons. The van der Waals surface area contributed by atoms with E-state index in [1.54, 1.807) is 49.5 Å². The largest absolute Gasteiger partial charge is 0.507 e.